The summed E-state index contributed by atoms with van der Waals surface area (Å²) >= 11 is 10.5. The van der Waals surface area contributed by atoms with Gasteiger partial charge < -0.3 is 33.3 Å². The fourth-order valence-electron chi connectivity index (χ4n) is 36.1. The first-order valence-corrected chi connectivity index (χ1v) is 57.5. The number of hydrogen-bond donors (Lipinski definition) is 6. The summed E-state index contributed by atoms with van der Waals surface area (Å²) in [6.45, 7) is 48.9. The fraction of sp³-hybridized carbons (Fsp3) is 0.539. The summed E-state index contributed by atoms with van der Waals surface area (Å²) in [5.74, 6) is 13.3. The van der Waals surface area contributed by atoms with Gasteiger partial charge in [0.2, 0.25) is 0 Å². The number of allylic oxidation sites excluding steroid dienone is 4. The number of carbonyl (C=O) groups excluding carboxylic acids is 4. The third kappa shape index (κ3) is 18.0. The molecular weight excluding hydrogens is 2130 g/mol. The molecule has 797 valence electrons. The van der Waals surface area contributed by atoms with E-state index in [2.05, 4.69) is 301 Å². The number of benzene rings is 5. The van der Waals surface area contributed by atoms with Crippen molar-refractivity contribution < 1.29 is 72.3 Å². The molecule has 0 amide bonds. The minimum Gasteiger partial charge on any atom is -0.382 e. The standard InChI is InChI=1S/C30H38N2O2.2C29H35BrN2O2.C29H35N2O2.C6H7BrN2.2C2H4.CH3.Y/c1-18-7-6-8-22(13-18)32-27-15-26-19(2)14-23-24(28(26,4)16-21(27)17-31-32)9-11-29(5)25(23)10-12-30(29,34)20(3)33;1-17-12-22-23(8-10-28(4)24(22)9-11-29(28,34)18(2)33)27(3)15-19-16-32(31-26(19)14-25(17)27)21-7-5-6-20(30)13-21;1-17-12-22-23(8-10-28(4)24(22)9-11-29(28,34)18(2)33)27(3)15-19-16-31-32(26(19)14-25(17)27)21-7-5-6-20(30)13-21;1-18-14-22-23(10-12-28(4)24(22)11-13-29(28,33)19(2)32)27(3)16-20-17-31(21-8-6-5-7-9-21)30-26(20)15-25(18)27;7-5-2-1-3-6(4-5)9-8;2*1-2;;/h6-8,13,15,17,19,23-25,34H,9-12,14,16H2,1-5H3;2*5-7,13-14,16-17,22-24,34H,8-12,15H2,1-4H3;5-6,8-9,15,17-18,22-24,33H,10-14,16H2,1-4H3;1-4,9H,8H2;2*1-2H2;1H3;/q;;;-1;;;;-1;/t19-,23+,24-,25-,28+,29-,30-;2*17-,22+,23-,24-,27+,28-,29-;18-,22+,23-,24-,27+,28-,29-;;;;;/m0000...../s1. The molecule has 4 aromatic heterocycles. The minimum atomic E-state index is -1.15. The average Bonchev–Trinajstić information content (AvgIpc) is 1.17. The number of rotatable bonds is 9. The quantitative estimate of drug-likeness (QED) is 0.0340. The molecule has 0 unspecified atom stereocenters. The number of nitrogens with two attached hydrogens (primary N) is 1. The Labute approximate surface area is 942 Å². The van der Waals surface area contributed by atoms with Gasteiger partial charge in [-0.15, -0.1) is 32.4 Å². The van der Waals surface area contributed by atoms with Crippen molar-refractivity contribution in [2.24, 2.45) is 144 Å². The van der Waals surface area contributed by atoms with Gasteiger partial charge in [-0.05, 0) is 430 Å². The summed E-state index contributed by atoms with van der Waals surface area (Å²) in [7, 11) is 0. The van der Waals surface area contributed by atoms with Gasteiger partial charge in [0.25, 0.3) is 0 Å². The summed E-state index contributed by atoms with van der Waals surface area (Å²) in [4.78, 5) is 50.2. The maximum atomic E-state index is 12.6. The number of aryl methyl sites for hydroxylation is 1. The average molecular weight is 2300 g/mol. The van der Waals surface area contributed by atoms with Gasteiger partial charge in [-0.3, -0.25) is 29.7 Å². The predicted molar refractivity (Wildman–Crippen MR) is 609 cm³/mol. The second-order valence-corrected chi connectivity index (χ2v) is 52.8. The molecule has 0 bridgehead atoms. The van der Waals surface area contributed by atoms with E-state index in [0.29, 0.717) is 120 Å². The Morgan fingerprint density at radius 2 is 0.700 bits per heavy atom. The van der Waals surface area contributed by atoms with E-state index in [1.165, 1.54) is 39.2 Å². The topological polar surface area (TPSA) is 259 Å². The number of halogens is 3. The summed E-state index contributed by atoms with van der Waals surface area (Å²) in [5, 5.41) is 65.4. The second-order valence-electron chi connectivity index (χ2n) is 50.1. The van der Waals surface area contributed by atoms with Gasteiger partial charge in [0, 0.05) is 85.9 Å². The third-order valence-corrected chi connectivity index (χ3v) is 44.8. The van der Waals surface area contributed by atoms with Gasteiger partial charge in [-0.2, -0.15) is 44.7 Å². The summed E-state index contributed by atoms with van der Waals surface area (Å²) in [6.07, 6.45) is 41.5. The van der Waals surface area contributed by atoms with Crippen LogP contribution in [0.25, 0.3) is 47.1 Å². The molecule has 150 heavy (non-hydrogen) atoms. The van der Waals surface area contributed by atoms with Crippen molar-refractivity contribution in [3.63, 3.8) is 0 Å². The van der Waals surface area contributed by atoms with E-state index in [0.717, 1.165) is 182 Å². The molecule has 22 heteroatoms. The summed E-state index contributed by atoms with van der Waals surface area (Å²) in [6, 6.07) is 44.0. The van der Waals surface area contributed by atoms with Crippen molar-refractivity contribution in [2.75, 3.05) is 5.43 Å². The van der Waals surface area contributed by atoms with Crippen molar-refractivity contribution in [1.82, 2.24) is 39.1 Å². The van der Waals surface area contributed by atoms with E-state index >= 15 is 0 Å². The van der Waals surface area contributed by atoms with Crippen molar-refractivity contribution in [2.45, 2.75) is 294 Å². The number of nitrogens with zero attached hydrogens (tertiary/aromatic N) is 8. The normalized spacial score (nSPS) is 37.3. The van der Waals surface area contributed by atoms with Crippen LogP contribution in [0.1, 0.15) is 290 Å². The number of nitrogens with one attached hydrogen (secondary N) is 1. The molecule has 9 aromatic rings. The molecule has 16 aliphatic rings. The largest absolute Gasteiger partial charge is 0.382 e. The van der Waals surface area contributed by atoms with Crippen LogP contribution in [0.3, 0.4) is 0 Å². The Morgan fingerprint density at radius 3 is 1.02 bits per heavy atom. The molecule has 0 aliphatic heterocycles. The minimum absolute atomic E-state index is 0. The Bertz CT molecular complexity index is 6600. The van der Waals surface area contributed by atoms with E-state index in [4.69, 9.17) is 26.2 Å². The number of ketones is 4. The molecule has 16 aliphatic carbocycles. The summed E-state index contributed by atoms with van der Waals surface area (Å²) < 4.78 is 11.4. The van der Waals surface area contributed by atoms with E-state index in [1.54, 1.807) is 50.0 Å². The molecule has 0 saturated heterocycles. The third-order valence-electron chi connectivity index (χ3n) is 43.4. The molecule has 1 radical (unpaired) electrons. The van der Waals surface area contributed by atoms with E-state index in [9.17, 15) is 39.6 Å². The predicted octanol–water partition coefficient (Wildman–Crippen LogP) is 27.9. The maximum absolute atomic E-state index is 12.6. The van der Waals surface area contributed by atoms with Gasteiger partial charge in [0.05, 0.1) is 52.2 Å². The maximum Gasteiger partial charge on any atom is 0.161 e. The van der Waals surface area contributed by atoms with Crippen LogP contribution in [0.15, 0.2) is 208 Å². The molecule has 5 aromatic carbocycles. The van der Waals surface area contributed by atoms with Crippen molar-refractivity contribution in [3.8, 4) is 22.7 Å². The first-order valence-electron chi connectivity index (χ1n) is 55.1. The van der Waals surface area contributed by atoms with Crippen LogP contribution in [-0.4, -0.2) is 105 Å². The van der Waals surface area contributed by atoms with E-state index in [1.807, 2.05) is 64.0 Å². The number of Topliss-reactive ketones (excluding diaryl/α,β-unsaturated/α-hetero) is 4. The first kappa shape index (κ1) is 113. The van der Waals surface area contributed by atoms with Crippen LogP contribution < -0.4 is 11.3 Å². The Hall–Kier alpha value is -7.80. The molecular formula is C128H161Br3N10O8Y-2. The number of anilines is 1. The van der Waals surface area contributed by atoms with Crippen LogP contribution in [0.5, 0.6) is 0 Å². The zero-order valence-corrected chi connectivity index (χ0v) is 99.6. The van der Waals surface area contributed by atoms with Crippen LogP contribution in [0, 0.1) is 158 Å². The number of hydrogen-bond acceptors (Lipinski definition) is 14. The van der Waals surface area contributed by atoms with Crippen LogP contribution in [-0.2, 0) is 77.6 Å². The summed E-state index contributed by atoms with van der Waals surface area (Å²) in [5.41, 5.74) is 20.1. The molecule has 0 spiro atoms. The number of aromatic nitrogens is 8. The monoisotopic (exact) mass is 2290 g/mol. The van der Waals surface area contributed by atoms with Gasteiger partial charge in [0.15, 0.2) is 23.1 Å². The molecule has 12 saturated carbocycles. The molecule has 12 fully saturated rings. The van der Waals surface area contributed by atoms with E-state index < -0.39 is 22.4 Å². The van der Waals surface area contributed by atoms with Gasteiger partial charge in [-0.25, -0.2) is 14.0 Å². The van der Waals surface area contributed by atoms with Crippen LogP contribution in [0.4, 0.5) is 5.69 Å². The zero-order chi connectivity index (χ0) is 106. The Morgan fingerprint density at radius 1 is 0.400 bits per heavy atom. The van der Waals surface area contributed by atoms with Crippen molar-refractivity contribution in [3.05, 3.63) is 272 Å². The second kappa shape index (κ2) is 42.0. The number of aliphatic hydroxyl groups is 4. The Balaban J connectivity index is 0.000000130. The van der Waals surface area contributed by atoms with Gasteiger partial charge in [-0.1, -0.05) is 183 Å². The Kier molecular flexibility index (Phi) is 31.7. The molecule has 18 nitrogen and oxygen atoms in total. The van der Waals surface area contributed by atoms with Gasteiger partial charge >= 0.3 is 0 Å². The van der Waals surface area contributed by atoms with Crippen molar-refractivity contribution >= 4 is 101 Å². The number of fused-ring (bicyclic) bond motifs is 24. The fourth-order valence-corrected chi connectivity index (χ4v) is 37.3. The number of hydrazine groups is 1. The molecule has 7 N–H and O–H groups in total. The number of carbonyl (C=O) groups is 4. The number of nitrogen functional groups attached to an aromatic ring is 1. The molecule has 4 heterocycles. The van der Waals surface area contributed by atoms with Crippen LogP contribution >= 0.6 is 47.8 Å². The SMILES string of the molecule is C=C.C=C.CC(=O)[C@@]1(O)CC[C@H]2[C@@H]3C[C@H](C)C4=Cc5c(cnn5-c5cccc(Br)c5)C[C@]4(C)[C@H]3CC[C@@]21C.CC(=O)[C@@]1(O)CC[C@H]2[C@@H]3C[C@H](C)C4=Cc5c(cnn5-c5cccc(C)c5)C[C@]4(C)[C@H]3CC[C@@]21C.CC(=O)[C@@]1(O)CC[C@H]2[C@@H]3C[C@H](C)C4=Cc5nn(-c6c[c-]ccc6)cc5C[C@]4(C)[C@H]3CC[C@@]21C.CC(=O)[C@@]1(O)CC[C@H]2[C@@H]3C[C@H](C)C4=Cc5nn(-c6cccc(Br)c6)cc5C[C@]4(C)[C@H]3CC[C@@]21C.NNc1cccc(Br)c1.[CH3-].[Y]. The smallest absolute Gasteiger partial charge is 0.161 e. The van der Waals surface area contributed by atoms with E-state index in [-0.39, 0.29) is 107 Å². The van der Waals surface area contributed by atoms with Crippen molar-refractivity contribution in [1.29, 1.82) is 0 Å². The van der Waals surface area contributed by atoms with Gasteiger partial charge in [0.1, 0.15) is 22.4 Å². The molecule has 25 rings (SSSR count). The first-order chi connectivity index (χ1) is 70.2. The van der Waals surface area contributed by atoms with Crippen LogP contribution in [0.2, 0.25) is 0 Å². The zero-order valence-electron chi connectivity index (χ0n) is 92.0. The molecule has 28 atom stereocenters.